The van der Waals surface area contributed by atoms with E-state index in [9.17, 15) is 9.59 Å². The lowest BCUT2D eigenvalue weighted by Gasteiger charge is -2.29. The Morgan fingerprint density at radius 1 is 1.22 bits per heavy atom. The van der Waals surface area contributed by atoms with Crippen LogP contribution in [0.25, 0.3) is 0 Å². The number of carbonyl (C=O) groups is 2. The molecular weight excluding hydrogens is 523 g/mol. The van der Waals surface area contributed by atoms with Gasteiger partial charge >= 0.3 is 6.09 Å². The van der Waals surface area contributed by atoms with Gasteiger partial charge in [-0.05, 0) is 56.9 Å². The van der Waals surface area contributed by atoms with Gasteiger partial charge in [0.1, 0.15) is 5.60 Å². The molecule has 2 aliphatic heterocycles. The van der Waals surface area contributed by atoms with E-state index < -0.39 is 11.7 Å². The zero-order valence-electron chi connectivity index (χ0n) is 19.4. The fraction of sp³-hybridized carbons (Fsp3) is 0.583. The highest BCUT2D eigenvalue weighted by molar-refractivity contribution is 14.1. The first-order valence-electron chi connectivity index (χ1n) is 11.0. The summed E-state index contributed by atoms with van der Waals surface area (Å²) in [4.78, 5) is 30.0. The molecule has 1 saturated heterocycles. The second-order valence-corrected chi connectivity index (χ2v) is 10.3. The van der Waals surface area contributed by atoms with Gasteiger partial charge in [-0.3, -0.25) is 9.69 Å². The Hall–Kier alpha value is -1.97. The van der Waals surface area contributed by atoms with Crippen LogP contribution in [0.1, 0.15) is 56.8 Å². The van der Waals surface area contributed by atoms with Gasteiger partial charge in [0.25, 0.3) is 5.91 Å². The van der Waals surface area contributed by atoms with Crippen LogP contribution in [0.2, 0.25) is 0 Å². The molecule has 0 N–H and O–H groups in total. The summed E-state index contributed by atoms with van der Waals surface area (Å²) in [6.07, 6.45) is 3.34. The predicted octanol–water partition coefficient (Wildman–Crippen LogP) is 5.21. The van der Waals surface area contributed by atoms with E-state index in [2.05, 4.69) is 29.2 Å². The van der Waals surface area contributed by atoms with Gasteiger partial charge in [-0.1, -0.05) is 34.7 Å². The minimum atomic E-state index is -0.656. The Labute approximate surface area is 204 Å². The molecule has 0 spiro atoms. The summed E-state index contributed by atoms with van der Waals surface area (Å²) in [5, 5.41) is 0. The summed E-state index contributed by atoms with van der Waals surface area (Å²) in [7, 11) is 1.55. The van der Waals surface area contributed by atoms with Crippen molar-refractivity contribution in [2.75, 3.05) is 36.1 Å². The van der Waals surface area contributed by atoms with Crippen LogP contribution in [0.3, 0.4) is 0 Å². The summed E-state index contributed by atoms with van der Waals surface area (Å²) in [5.41, 5.74) is 1.22. The van der Waals surface area contributed by atoms with Crippen molar-refractivity contribution < 1.29 is 23.8 Å². The number of hydrogen-bond acceptors (Lipinski definition) is 5. The fourth-order valence-electron chi connectivity index (χ4n) is 4.00. The Morgan fingerprint density at radius 3 is 2.62 bits per heavy atom. The second kappa shape index (κ2) is 10.3. The number of nitrogens with zero attached hydrogens (tertiary/aromatic N) is 2. The molecule has 2 heterocycles. The van der Waals surface area contributed by atoms with Gasteiger partial charge in [-0.2, -0.15) is 0 Å². The third-order valence-electron chi connectivity index (χ3n) is 5.47. The predicted molar refractivity (Wildman–Crippen MR) is 133 cm³/mol. The number of methoxy groups -OCH3 is 1. The maximum atomic E-state index is 13.4. The molecule has 0 radical (unpaired) electrons. The van der Waals surface area contributed by atoms with Crippen LogP contribution in [0.15, 0.2) is 24.3 Å². The van der Waals surface area contributed by atoms with Crippen molar-refractivity contribution in [2.24, 2.45) is 0 Å². The van der Waals surface area contributed by atoms with Gasteiger partial charge in [-0.15, -0.1) is 0 Å². The van der Waals surface area contributed by atoms with Crippen molar-refractivity contribution in [3.05, 3.63) is 29.8 Å². The van der Waals surface area contributed by atoms with Gasteiger partial charge in [0.15, 0.2) is 11.5 Å². The number of fused-ring (bicyclic) bond motifs is 2. The average molecular weight is 556 g/mol. The van der Waals surface area contributed by atoms with Gasteiger partial charge in [0.05, 0.1) is 37.6 Å². The van der Waals surface area contributed by atoms with E-state index in [-0.39, 0.29) is 11.9 Å². The largest absolute Gasteiger partial charge is 0.493 e. The highest BCUT2D eigenvalue weighted by Crippen LogP contribution is 2.40. The third-order valence-corrected chi connectivity index (χ3v) is 6.23. The fourth-order valence-corrected chi connectivity index (χ4v) is 4.54. The van der Waals surface area contributed by atoms with Crippen molar-refractivity contribution in [3.8, 4) is 11.5 Å². The Morgan fingerprint density at radius 2 is 1.97 bits per heavy atom. The summed E-state index contributed by atoms with van der Waals surface area (Å²) in [6, 6.07) is 3.28. The summed E-state index contributed by atoms with van der Waals surface area (Å²) in [6.45, 7) is 10.9. The van der Waals surface area contributed by atoms with E-state index in [1.165, 1.54) is 0 Å². The first-order valence-corrected chi connectivity index (χ1v) is 12.6. The van der Waals surface area contributed by atoms with Gasteiger partial charge in [0.2, 0.25) is 0 Å². The minimum Gasteiger partial charge on any atom is -0.493 e. The number of alkyl halides is 1. The topological polar surface area (TPSA) is 68.3 Å². The number of rotatable bonds is 7. The van der Waals surface area contributed by atoms with E-state index in [4.69, 9.17) is 14.2 Å². The van der Waals surface area contributed by atoms with Crippen LogP contribution in [-0.4, -0.2) is 59.8 Å². The monoisotopic (exact) mass is 556 g/mol. The molecule has 7 nitrogen and oxygen atoms in total. The summed E-state index contributed by atoms with van der Waals surface area (Å²) < 4.78 is 18.4. The molecule has 1 atom stereocenters. The molecule has 1 fully saturated rings. The molecule has 0 bridgehead atoms. The standard InChI is InChI=1S/C24H33IN2O5/c1-16-11-17-15-27(23(29)32-24(2,3)4)19-13-21(31-10-8-6-7-9-25)20(30-5)12-18(19)22(28)26(17)14-16/h12-13,17H,1,6-11,14-15H2,2-5H3/t17-/m0/s1. The number of unbranched alkanes of at least 4 members (excludes halogenated alkanes) is 2. The highest BCUT2D eigenvalue weighted by Gasteiger charge is 2.41. The smallest absolute Gasteiger partial charge is 0.414 e. The number of amides is 2. The Balaban J connectivity index is 1.99. The molecule has 0 aliphatic carbocycles. The molecule has 2 amide bonds. The lowest BCUT2D eigenvalue weighted by atomic mass is 10.1. The Bertz CT molecular complexity index is 880. The van der Waals surface area contributed by atoms with E-state index in [0.29, 0.717) is 48.9 Å². The first-order chi connectivity index (χ1) is 15.1. The van der Waals surface area contributed by atoms with Gasteiger partial charge in [-0.25, -0.2) is 4.79 Å². The van der Waals surface area contributed by atoms with Crippen molar-refractivity contribution in [1.29, 1.82) is 0 Å². The van der Waals surface area contributed by atoms with Crippen LogP contribution in [0.4, 0.5) is 10.5 Å². The molecular formula is C24H33IN2O5. The normalized spacial score (nSPS) is 18.2. The molecule has 0 saturated carbocycles. The number of anilines is 1. The molecule has 2 aliphatic rings. The molecule has 8 heteroatoms. The second-order valence-electron chi connectivity index (χ2n) is 9.25. The van der Waals surface area contributed by atoms with E-state index in [1.807, 2.05) is 20.8 Å². The number of hydrogen-bond donors (Lipinski definition) is 0. The van der Waals surface area contributed by atoms with Gasteiger partial charge < -0.3 is 19.1 Å². The van der Waals surface area contributed by atoms with Crippen LogP contribution >= 0.6 is 22.6 Å². The average Bonchev–Trinajstić information content (AvgIpc) is 3.05. The van der Waals surface area contributed by atoms with Crippen LogP contribution in [0, 0.1) is 0 Å². The third kappa shape index (κ3) is 5.68. The van der Waals surface area contributed by atoms with Crippen LogP contribution in [-0.2, 0) is 4.74 Å². The lowest BCUT2D eigenvalue weighted by Crippen LogP contribution is -2.43. The van der Waals surface area contributed by atoms with E-state index >= 15 is 0 Å². The zero-order valence-corrected chi connectivity index (χ0v) is 21.6. The summed E-state index contributed by atoms with van der Waals surface area (Å²) in [5.74, 6) is 0.863. The van der Waals surface area contributed by atoms with Crippen molar-refractivity contribution in [2.45, 2.75) is 58.1 Å². The Kier molecular flexibility index (Phi) is 7.95. The molecule has 32 heavy (non-hydrogen) atoms. The molecule has 176 valence electrons. The van der Waals surface area contributed by atoms with Crippen molar-refractivity contribution in [3.63, 3.8) is 0 Å². The zero-order chi connectivity index (χ0) is 23.5. The van der Waals surface area contributed by atoms with Gasteiger partial charge in [0, 0.05) is 12.6 Å². The van der Waals surface area contributed by atoms with Crippen molar-refractivity contribution in [1.82, 2.24) is 4.90 Å². The quantitative estimate of drug-likeness (QED) is 0.200. The number of benzene rings is 1. The maximum Gasteiger partial charge on any atom is 0.414 e. The minimum absolute atomic E-state index is 0.137. The molecule has 0 aromatic heterocycles. The lowest BCUT2D eigenvalue weighted by molar-refractivity contribution is 0.0567. The van der Waals surface area contributed by atoms with E-state index in [1.54, 1.807) is 29.0 Å². The number of ether oxygens (including phenoxy) is 3. The molecule has 1 aromatic carbocycles. The van der Waals surface area contributed by atoms with Crippen LogP contribution < -0.4 is 14.4 Å². The number of carbonyl (C=O) groups excluding carboxylic acids is 2. The SMILES string of the molecule is C=C1C[C@H]2CN(C(=O)OC(C)(C)C)c3cc(OCCCCCI)c(OC)cc3C(=O)N2C1. The summed E-state index contributed by atoms with van der Waals surface area (Å²) >= 11 is 2.37. The maximum absolute atomic E-state index is 13.4. The molecule has 0 unspecified atom stereocenters. The highest BCUT2D eigenvalue weighted by atomic mass is 127. The molecule has 3 rings (SSSR count). The molecule has 1 aromatic rings. The first kappa shape index (κ1) is 24.7. The van der Waals surface area contributed by atoms with Crippen molar-refractivity contribution >= 4 is 40.3 Å². The number of halogens is 1. The van der Waals surface area contributed by atoms with Crippen LogP contribution in [0.5, 0.6) is 11.5 Å². The van der Waals surface area contributed by atoms with E-state index in [0.717, 1.165) is 29.3 Å².